The second-order valence-corrected chi connectivity index (χ2v) is 5.92. The Morgan fingerprint density at radius 2 is 1.62 bits per heavy atom. The highest BCUT2D eigenvalue weighted by molar-refractivity contribution is 5.67. The van der Waals surface area contributed by atoms with Gasteiger partial charge >= 0.3 is 0 Å². The molecule has 0 amide bonds. The fourth-order valence-corrected chi connectivity index (χ4v) is 2.90. The molecular formula is C21H19N3. The maximum Gasteiger partial charge on any atom is 0.137 e. The van der Waals surface area contributed by atoms with Crippen LogP contribution in [-0.2, 0) is 6.54 Å². The normalized spacial score (nSPS) is 10.9. The monoisotopic (exact) mass is 313 g/mol. The van der Waals surface area contributed by atoms with E-state index < -0.39 is 0 Å². The van der Waals surface area contributed by atoms with Gasteiger partial charge in [0.1, 0.15) is 5.65 Å². The zero-order chi connectivity index (χ0) is 16.4. The van der Waals surface area contributed by atoms with Crippen LogP contribution in [0.15, 0.2) is 79.0 Å². The number of aromatic nitrogens is 2. The summed E-state index contributed by atoms with van der Waals surface area (Å²) in [4.78, 5) is 4.83. The summed E-state index contributed by atoms with van der Waals surface area (Å²) in [7, 11) is 0. The molecule has 4 rings (SSSR count). The molecule has 0 aliphatic heterocycles. The van der Waals surface area contributed by atoms with E-state index in [2.05, 4.69) is 71.4 Å². The van der Waals surface area contributed by atoms with Gasteiger partial charge in [0.15, 0.2) is 0 Å². The second kappa shape index (κ2) is 6.20. The average molecular weight is 313 g/mol. The van der Waals surface area contributed by atoms with E-state index in [-0.39, 0.29) is 0 Å². The van der Waals surface area contributed by atoms with Crippen molar-refractivity contribution < 1.29 is 0 Å². The SMILES string of the molecule is Cc1ccc(NCc2c(-c3ccccc3)nc3ccccn23)cc1. The quantitative estimate of drug-likeness (QED) is 0.579. The van der Waals surface area contributed by atoms with Gasteiger partial charge < -0.3 is 9.72 Å². The number of benzene rings is 2. The van der Waals surface area contributed by atoms with Gasteiger partial charge in [0.25, 0.3) is 0 Å². The van der Waals surface area contributed by atoms with E-state index >= 15 is 0 Å². The molecule has 3 nitrogen and oxygen atoms in total. The summed E-state index contributed by atoms with van der Waals surface area (Å²) in [6.45, 7) is 2.82. The molecule has 0 saturated carbocycles. The zero-order valence-corrected chi connectivity index (χ0v) is 13.6. The minimum Gasteiger partial charge on any atom is -0.379 e. The van der Waals surface area contributed by atoms with Crippen molar-refractivity contribution in [3.05, 3.63) is 90.3 Å². The summed E-state index contributed by atoms with van der Waals surface area (Å²) >= 11 is 0. The topological polar surface area (TPSA) is 29.3 Å². The van der Waals surface area contributed by atoms with E-state index in [1.807, 2.05) is 24.3 Å². The van der Waals surface area contributed by atoms with Crippen molar-refractivity contribution in [3.8, 4) is 11.3 Å². The van der Waals surface area contributed by atoms with E-state index in [1.165, 1.54) is 5.56 Å². The Morgan fingerprint density at radius 1 is 0.875 bits per heavy atom. The van der Waals surface area contributed by atoms with Gasteiger partial charge in [0.2, 0.25) is 0 Å². The number of imidazole rings is 1. The summed E-state index contributed by atoms with van der Waals surface area (Å²) in [5, 5.41) is 3.52. The van der Waals surface area contributed by atoms with E-state index in [0.29, 0.717) is 0 Å². The molecule has 118 valence electrons. The van der Waals surface area contributed by atoms with Gasteiger partial charge in [-0.05, 0) is 31.2 Å². The van der Waals surface area contributed by atoms with Gasteiger partial charge in [-0.25, -0.2) is 4.98 Å². The molecule has 0 saturated heterocycles. The Kier molecular flexibility index (Phi) is 3.75. The first-order valence-corrected chi connectivity index (χ1v) is 8.13. The Hall–Kier alpha value is -3.07. The first-order chi connectivity index (χ1) is 11.8. The van der Waals surface area contributed by atoms with Crippen LogP contribution in [0.4, 0.5) is 5.69 Å². The van der Waals surface area contributed by atoms with Crippen LogP contribution in [-0.4, -0.2) is 9.38 Å². The molecule has 1 N–H and O–H groups in total. The average Bonchev–Trinajstić information content (AvgIpc) is 3.01. The number of rotatable bonds is 4. The number of anilines is 1. The Morgan fingerprint density at radius 3 is 2.42 bits per heavy atom. The molecule has 0 atom stereocenters. The lowest BCUT2D eigenvalue weighted by molar-refractivity contribution is 1.01. The fourth-order valence-electron chi connectivity index (χ4n) is 2.90. The number of hydrogen-bond donors (Lipinski definition) is 1. The van der Waals surface area contributed by atoms with Crippen molar-refractivity contribution in [2.24, 2.45) is 0 Å². The van der Waals surface area contributed by atoms with Crippen LogP contribution in [0.25, 0.3) is 16.9 Å². The maximum absolute atomic E-state index is 4.83. The third-order valence-electron chi connectivity index (χ3n) is 4.19. The van der Waals surface area contributed by atoms with Crippen LogP contribution in [0.1, 0.15) is 11.3 Å². The zero-order valence-electron chi connectivity index (χ0n) is 13.6. The molecule has 0 fully saturated rings. The number of pyridine rings is 1. The Balaban J connectivity index is 1.74. The first-order valence-electron chi connectivity index (χ1n) is 8.13. The molecule has 2 heterocycles. The van der Waals surface area contributed by atoms with Crippen molar-refractivity contribution in [1.29, 1.82) is 0 Å². The molecular weight excluding hydrogens is 294 g/mol. The summed E-state index contributed by atoms with van der Waals surface area (Å²) in [6.07, 6.45) is 2.07. The summed E-state index contributed by atoms with van der Waals surface area (Å²) in [6, 6.07) is 24.9. The van der Waals surface area contributed by atoms with Gasteiger partial charge in [-0.1, -0.05) is 54.1 Å². The number of nitrogens with zero attached hydrogens (tertiary/aromatic N) is 2. The van der Waals surface area contributed by atoms with Crippen LogP contribution in [0, 0.1) is 6.92 Å². The minimum absolute atomic E-state index is 0.721. The van der Waals surface area contributed by atoms with Crippen molar-refractivity contribution >= 4 is 11.3 Å². The summed E-state index contributed by atoms with van der Waals surface area (Å²) in [5.41, 5.74) is 6.68. The maximum atomic E-state index is 4.83. The molecule has 0 bridgehead atoms. The van der Waals surface area contributed by atoms with Crippen LogP contribution in [0.5, 0.6) is 0 Å². The molecule has 3 heteroatoms. The predicted octanol–water partition coefficient (Wildman–Crippen LogP) is 4.92. The predicted molar refractivity (Wildman–Crippen MR) is 99.1 cm³/mol. The van der Waals surface area contributed by atoms with Gasteiger partial charge in [-0.3, -0.25) is 0 Å². The third kappa shape index (κ3) is 2.76. The number of nitrogens with one attached hydrogen (secondary N) is 1. The number of fused-ring (bicyclic) bond motifs is 1. The van der Waals surface area contributed by atoms with E-state index in [0.717, 1.165) is 34.8 Å². The van der Waals surface area contributed by atoms with Crippen molar-refractivity contribution in [2.45, 2.75) is 13.5 Å². The lowest BCUT2D eigenvalue weighted by Gasteiger charge is -2.09. The van der Waals surface area contributed by atoms with Gasteiger partial charge in [-0.15, -0.1) is 0 Å². The van der Waals surface area contributed by atoms with Crippen molar-refractivity contribution in [1.82, 2.24) is 9.38 Å². The molecule has 4 aromatic rings. The molecule has 0 unspecified atom stereocenters. The number of hydrogen-bond acceptors (Lipinski definition) is 2. The number of aryl methyl sites for hydroxylation is 1. The molecule has 0 radical (unpaired) electrons. The van der Waals surface area contributed by atoms with Crippen LogP contribution in [0.2, 0.25) is 0 Å². The largest absolute Gasteiger partial charge is 0.379 e. The van der Waals surface area contributed by atoms with Crippen molar-refractivity contribution in [2.75, 3.05) is 5.32 Å². The molecule has 24 heavy (non-hydrogen) atoms. The van der Waals surface area contributed by atoms with E-state index in [1.54, 1.807) is 0 Å². The van der Waals surface area contributed by atoms with Gasteiger partial charge in [0, 0.05) is 17.4 Å². The Bertz CT molecular complexity index is 953. The first kappa shape index (κ1) is 14.5. The van der Waals surface area contributed by atoms with Crippen LogP contribution in [0.3, 0.4) is 0 Å². The van der Waals surface area contributed by atoms with Crippen molar-refractivity contribution in [3.63, 3.8) is 0 Å². The minimum atomic E-state index is 0.721. The molecule has 0 spiro atoms. The standard InChI is InChI=1S/C21H19N3/c1-16-10-12-18(13-11-16)22-15-19-21(17-7-3-2-4-8-17)23-20-9-5-6-14-24(19)20/h2-14,22H,15H2,1H3. The van der Waals surface area contributed by atoms with Gasteiger partial charge in [-0.2, -0.15) is 0 Å². The summed E-state index contributed by atoms with van der Waals surface area (Å²) in [5.74, 6) is 0. The Labute approximate surface area is 141 Å². The van der Waals surface area contributed by atoms with Crippen LogP contribution >= 0.6 is 0 Å². The smallest absolute Gasteiger partial charge is 0.137 e. The lowest BCUT2D eigenvalue weighted by atomic mass is 10.1. The van der Waals surface area contributed by atoms with Gasteiger partial charge in [0.05, 0.1) is 17.9 Å². The highest BCUT2D eigenvalue weighted by Gasteiger charge is 2.13. The summed E-state index contributed by atoms with van der Waals surface area (Å²) < 4.78 is 2.16. The van der Waals surface area contributed by atoms with Crippen LogP contribution < -0.4 is 5.32 Å². The van der Waals surface area contributed by atoms with E-state index in [4.69, 9.17) is 4.98 Å². The van der Waals surface area contributed by atoms with E-state index in [9.17, 15) is 0 Å². The molecule has 2 aromatic heterocycles. The highest BCUT2D eigenvalue weighted by Crippen LogP contribution is 2.25. The molecule has 0 aliphatic carbocycles. The molecule has 2 aromatic carbocycles. The lowest BCUT2D eigenvalue weighted by Crippen LogP contribution is -2.04. The highest BCUT2D eigenvalue weighted by atomic mass is 15.0. The molecule has 0 aliphatic rings. The second-order valence-electron chi connectivity index (χ2n) is 5.92. The third-order valence-corrected chi connectivity index (χ3v) is 4.19. The fraction of sp³-hybridized carbons (Fsp3) is 0.0952.